The lowest BCUT2D eigenvalue weighted by atomic mass is 10.1. The van der Waals surface area contributed by atoms with Crippen molar-refractivity contribution in [2.75, 3.05) is 26.2 Å². The molecular formula is C32H31N5O3. The lowest BCUT2D eigenvalue weighted by Gasteiger charge is -2.14. The minimum atomic E-state index is -0.833. The Morgan fingerprint density at radius 2 is 1.32 bits per heavy atom. The van der Waals surface area contributed by atoms with Gasteiger partial charge in [0.25, 0.3) is 5.97 Å². The molecule has 0 saturated heterocycles. The number of aromatic nitrogens is 1. The molecule has 40 heavy (non-hydrogen) atoms. The highest BCUT2D eigenvalue weighted by Crippen LogP contribution is 2.31. The van der Waals surface area contributed by atoms with E-state index in [0.717, 1.165) is 108 Å². The van der Waals surface area contributed by atoms with Crippen molar-refractivity contribution in [2.45, 2.75) is 19.8 Å². The Morgan fingerprint density at radius 1 is 0.750 bits per heavy atom. The largest absolute Gasteiger partial charge is 0.481 e. The van der Waals surface area contributed by atoms with Crippen LogP contribution in [0.4, 0.5) is 0 Å². The molecule has 202 valence electrons. The lowest BCUT2D eigenvalue weighted by Crippen LogP contribution is -2.30. The van der Waals surface area contributed by atoms with Gasteiger partial charge in [-0.1, -0.05) is 48.5 Å². The molecule has 3 aromatic carbocycles. The minimum absolute atomic E-state index is 0.833. The predicted octanol–water partition coefficient (Wildman–Crippen LogP) is 5.82. The molecule has 7 rings (SSSR count). The van der Waals surface area contributed by atoms with Crippen molar-refractivity contribution in [1.82, 2.24) is 15.6 Å². The molecule has 8 heteroatoms. The Bertz CT molecular complexity index is 1620. The summed E-state index contributed by atoms with van der Waals surface area (Å²) in [5, 5.41) is 16.5. The molecule has 4 N–H and O–H groups in total. The van der Waals surface area contributed by atoms with E-state index in [-0.39, 0.29) is 0 Å². The number of benzene rings is 3. The van der Waals surface area contributed by atoms with Gasteiger partial charge < -0.3 is 25.1 Å². The Morgan fingerprint density at radius 3 is 1.95 bits per heavy atom. The van der Waals surface area contributed by atoms with Gasteiger partial charge in [0.2, 0.25) is 0 Å². The number of aliphatic imine (C=N–C) groups is 2. The van der Waals surface area contributed by atoms with Crippen molar-refractivity contribution in [3.8, 4) is 22.6 Å². The summed E-state index contributed by atoms with van der Waals surface area (Å²) in [6, 6.07) is 25.6. The molecular weight excluding hydrogens is 502 g/mol. The smallest absolute Gasteiger partial charge is 0.300 e. The predicted molar refractivity (Wildman–Crippen MR) is 160 cm³/mol. The first kappa shape index (κ1) is 25.4. The van der Waals surface area contributed by atoms with Crippen LogP contribution in [0.3, 0.4) is 0 Å². The highest BCUT2D eigenvalue weighted by molar-refractivity contribution is 6.03. The van der Waals surface area contributed by atoms with E-state index in [0.29, 0.717) is 0 Å². The highest BCUT2D eigenvalue weighted by atomic mass is 16.4. The second kappa shape index (κ2) is 11.1. The Labute approximate surface area is 231 Å². The minimum Gasteiger partial charge on any atom is -0.481 e. The van der Waals surface area contributed by atoms with Crippen molar-refractivity contribution in [2.24, 2.45) is 9.98 Å². The normalized spacial score (nSPS) is 14.9. The maximum absolute atomic E-state index is 9.00. The molecule has 0 amide bonds. The van der Waals surface area contributed by atoms with Crippen LogP contribution >= 0.6 is 0 Å². The van der Waals surface area contributed by atoms with Crippen LogP contribution in [0, 0.1) is 0 Å². The van der Waals surface area contributed by atoms with Gasteiger partial charge in [-0.3, -0.25) is 14.8 Å². The Kier molecular flexibility index (Phi) is 7.06. The molecule has 2 aromatic heterocycles. The second-order valence-electron chi connectivity index (χ2n) is 9.97. The second-order valence-corrected chi connectivity index (χ2v) is 9.97. The van der Waals surface area contributed by atoms with E-state index in [1.807, 2.05) is 0 Å². The number of hydrogen-bond acceptors (Lipinski definition) is 6. The highest BCUT2D eigenvalue weighted by Gasteiger charge is 2.13. The third kappa shape index (κ3) is 5.47. The number of nitrogens with one attached hydrogen (secondary N) is 3. The zero-order valence-corrected chi connectivity index (χ0v) is 22.3. The maximum Gasteiger partial charge on any atom is 0.300 e. The van der Waals surface area contributed by atoms with Gasteiger partial charge in [-0.05, 0) is 42.7 Å². The lowest BCUT2D eigenvalue weighted by molar-refractivity contribution is -0.134. The molecule has 0 radical (unpaired) electrons. The molecule has 0 saturated carbocycles. The van der Waals surface area contributed by atoms with Gasteiger partial charge in [-0.25, -0.2) is 0 Å². The van der Waals surface area contributed by atoms with Crippen molar-refractivity contribution < 1.29 is 14.3 Å². The molecule has 2 aliphatic heterocycles. The fourth-order valence-corrected chi connectivity index (χ4v) is 5.02. The fraction of sp³-hybridized carbons (Fsp3) is 0.219. The Balaban J connectivity index is 0.000000680. The molecule has 0 bridgehead atoms. The first-order chi connectivity index (χ1) is 19.5. The van der Waals surface area contributed by atoms with Gasteiger partial charge in [0, 0.05) is 71.8 Å². The topological polar surface area (TPSA) is 115 Å². The molecule has 0 fully saturated rings. The van der Waals surface area contributed by atoms with Gasteiger partial charge in [0.1, 0.15) is 23.0 Å². The average Bonchev–Trinajstić information content (AvgIpc) is 3.62. The zero-order valence-electron chi connectivity index (χ0n) is 22.3. The first-order valence-corrected chi connectivity index (χ1v) is 13.6. The van der Waals surface area contributed by atoms with Crippen LogP contribution in [0.25, 0.3) is 44.5 Å². The summed E-state index contributed by atoms with van der Waals surface area (Å²) < 4.78 is 6.24. The number of carbonyl (C=O) groups is 1. The van der Waals surface area contributed by atoms with Crippen LogP contribution in [0.15, 0.2) is 87.2 Å². The van der Waals surface area contributed by atoms with Crippen molar-refractivity contribution in [3.63, 3.8) is 0 Å². The van der Waals surface area contributed by atoms with Crippen molar-refractivity contribution >= 4 is 39.5 Å². The van der Waals surface area contributed by atoms with Gasteiger partial charge in [0.15, 0.2) is 0 Å². The number of hydrogen-bond donors (Lipinski definition) is 4. The summed E-state index contributed by atoms with van der Waals surface area (Å²) in [5.41, 5.74) is 7.50. The van der Waals surface area contributed by atoms with Gasteiger partial charge in [-0.2, -0.15) is 0 Å². The summed E-state index contributed by atoms with van der Waals surface area (Å²) in [5.74, 6) is 1.98. The fourth-order valence-electron chi connectivity index (χ4n) is 5.02. The van der Waals surface area contributed by atoms with E-state index in [4.69, 9.17) is 14.3 Å². The molecule has 0 aliphatic carbocycles. The van der Waals surface area contributed by atoms with E-state index in [2.05, 4.69) is 98.4 Å². The van der Waals surface area contributed by atoms with Crippen LogP contribution < -0.4 is 10.6 Å². The number of aliphatic carboxylic acids is 1. The molecule has 4 heterocycles. The summed E-state index contributed by atoms with van der Waals surface area (Å²) in [7, 11) is 0. The average molecular weight is 534 g/mol. The van der Waals surface area contributed by atoms with Gasteiger partial charge in [-0.15, -0.1) is 0 Å². The van der Waals surface area contributed by atoms with Crippen LogP contribution in [-0.4, -0.2) is 53.9 Å². The SMILES string of the molecule is CC(=O)O.c1cc2cc(-c3ccc(-c4cc5ccc(C6=NCCCN6)cc5o4)cc3)[nH]c2cc1C1=NCCCN1. The maximum atomic E-state index is 9.00. The van der Waals surface area contributed by atoms with Gasteiger partial charge >= 0.3 is 0 Å². The third-order valence-electron chi connectivity index (χ3n) is 6.96. The van der Waals surface area contributed by atoms with Gasteiger partial charge in [0.05, 0.1) is 0 Å². The number of fused-ring (bicyclic) bond motifs is 2. The number of rotatable bonds is 4. The van der Waals surface area contributed by atoms with Crippen molar-refractivity contribution in [3.05, 3.63) is 83.9 Å². The molecule has 0 atom stereocenters. The van der Waals surface area contributed by atoms with E-state index in [1.54, 1.807) is 0 Å². The Hall–Kier alpha value is -4.85. The summed E-state index contributed by atoms with van der Waals surface area (Å²) in [6.45, 7) is 4.80. The van der Waals surface area contributed by atoms with E-state index >= 15 is 0 Å². The zero-order chi connectivity index (χ0) is 27.5. The van der Waals surface area contributed by atoms with E-state index < -0.39 is 5.97 Å². The molecule has 2 aliphatic rings. The third-order valence-corrected chi connectivity index (χ3v) is 6.96. The molecule has 0 spiro atoms. The monoisotopic (exact) mass is 533 g/mol. The molecule has 8 nitrogen and oxygen atoms in total. The van der Waals surface area contributed by atoms with E-state index in [1.165, 1.54) is 5.39 Å². The quantitative estimate of drug-likeness (QED) is 0.232. The number of nitrogens with zero attached hydrogens (tertiary/aromatic N) is 2. The number of carboxylic acid groups (broad SMARTS) is 1. The molecule has 0 unspecified atom stereocenters. The summed E-state index contributed by atoms with van der Waals surface area (Å²) >= 11 is 0. The van der Waals surface area contributed by atoms with Crippen LogP contribution in [-0.2, 0) is 4.79 Å². The summed E-state index contributed by atoms with van der Waals surface area (Å²) in [4.78, 5) is 21.8. The van der Waals surface area contributed by atoms with Crippen molar-refractivity contribution in [1.29, 1.82) is 0 Å². The number of amidine groups is 2. The summed E-state index contributed by atoms with van der Waals surface area (Å²) in [6.07, 6.45) is 2.18. The number of furan rings is 1. The first-order valence-electron chi connectivity index (χ1n) is 13.6. The number of H-pyrrole nitrogens is 1. The van der Waals surface area contributed by atoms with Crippen LogP contribution in [0.1, 0.15) is 30.9 Å². The van der Waals surface area contributed by atoms with E-state index in [9.17, 15) is 0 Å². The standard InChI is InChI=1S/C30H27N5O.C2H4O2/c1-11-31-29(32-12-1)23-9-7-21-15-25(35-26(21)16-23)19-3-5-20(6-4-19)27-17-22-8-10-24(18-28(22)36-27)30-33-13-2-14-34-30;1-2(3)4/h3-10,15-18,35H,1-2,11-14H2,(H,31,32)(H,33,34);1H3,(H,3,4). The van der Waals surface area contributed by atoms with Crippen LogP contribution in [0.2, 0.25) is 0 Å². The van der Waals surface area contributed by atoms with Crippen LogP contribution in [0.5, 0.6) is 0 Å². The number of carboxylic acids is 1. The number of aromatic amines is 1. The molecule has 5 aromatic rings.